The lowest BCUT2D eigenvalue weighted by Gasteiger charge is -2.40. The number of benzene rings is 2. The number of aromatic nitrogens is 3. The SMILES string of the molecule is CNC(=O)c1ccc(-c2cccc(C3OC(CO)C(O)C(O)C3O)c2)cc1-n1cncn1. The van der Waals surface area contributed by atoms with Gasteiger partial charge in [-0.05, 0) is 34.9 Å². The van der Waals surface area contributed by atoms with Crippen LogP contribution in [0.3, 0.4) is 0 Å². The summed E-state index contributed by atoms with van der Waals surface area (Å²) in [5.41, 5.74) is 3.07. The average molecular weight is 440 g/mol. The summed E-state index contributed by atoms with van der Waals surface area (Å²) in [4.78, 5) is 16.3. The molecule has 1 saturated heterocycles. The number of aliphatic hydroxyl groups is 4. The first kappa shape index (κ1) is 22.1. The number of carbonyl (C=O) groups is 1. The Morgan fingerprint density at radius 2 is 1.88 bits per heavy atom. The molecule has 10 nitrogen and oxygen atoms in total. The summed E-state index contributed by atoms with van der Waals surface area (Å²) in [6, 6.07) is 12.4. The Morgan fingerprint density at radius 3 is 2.56 bits per heavy atom. The molecule has 1 fully saturated rings. The smallest absolute Gasteiger partial charge is 0.253 e. The standard InChI is InChI=1S/C22H24N4O6/c1-23-22(31)15-6-5-13(8-16(15)26-11-24-10-25-26)12-3-2-4-14(7-12)21-20(30)19(29)18(28)17(9-27)32-21/h2-8,10-11,17-21,27-30H,9H2,1H3,(H,23,31). The molecule has 1 aliphatic rings. The van der Waals surface area contributed by atoms with Crippen LogP contribution in [0.1, 0.15) is 22.0 Å². The fourth-order valence-electron chi connectivity index (χ4n) is 3.83. The van der Waals surface area contributed by atoms with Crippen LogP contribution in [0.25, 0.3) is 16.8 Å². The molecule has 4 rings (SSSR count). The van der Waals surface area contributed by atoms with Gasteiger partial charge in [-0.25, -0.2) is 9.67 Å². The number of rotatable bonds is 5. The van der Waals surface area contributed by atoms with Gasteiger partial charge in [0.25, 0.3) is 5.91 Å². The van der Waals surface area contributed by atoms with E-state index >= 15 is 0 Å². The zero-order chi connectivity index (χ0) is 22.8. The van der Waals surface area contributed by atoms with Gasteiger partial charge in [-0.15, -0.1) is 0 Å². The lowest BCUT2D eigenvalue weighted by atomic mass is 9.90. The van der Waals surface area contributed by atoms with Crippen LogP contribution in [0.4, 0.5) is 0 Å². The van der Waals surface area contributed by atoms with Gasteiger partial charge in [-0.3, -0.25) is 4.79 Å². The fourth-order valence-corrected chi connectivity index (χ4v) is 3.83. The monoisotopic (exact) mass is 440 g/mol. The molecule has 1 aromatic heterocycles. The van der Waals surface area contributed by atoms with E-state index in [2.05, 4.69) is 15.4 Å². The van der Waals surface area contributed by atoms with Crippen molar-refractivity contribution in [2.75, 3.05) is 13.7 Å². The summed E-state index contributed by atoms with van der Waals surface area (Å²) in [5, 5.41) is 46.8. The second-order valence-corrected chi connectivity index (χ2v) is 7.53. The Balaban J connectivity index is 1.72. The van der Waals surface area contributed by atoms with Gasteiger partial charge < -0.3 is 30.5 Å². The molecular weight excluding hydrogens is 416 g/mol. The summed E-state index contributed by atoms with van der Waals surface area (Å²) in [7, 11) is 1.55. The number of nitrogens with zero attached hydrogens (tertiary/aromatic N) is 3. The van der Waals surface area contributed by atoms with Crippen LogP contribution in [0.15, 0.2) is 55.1 Å². The predicted molar refractivity (Wildman–Crippen MR) is 113 cm³/mol. The maximum Gasteiger partial charge on any atom is 0.253 e. The molecule has 0 bridgehead atoms. The van der Waals surface area contributed by atoms with Crippen molar-refractivity contribution < 1.29 is 30.0 Å². The molecule has 10 heteroatoms. The van der Waals surface area contributed by atoms with Crippen molar-refractivity contribution in [1.29, 1.82) is 0 Å². The summed E-state index contributed by atoms with van der Waals surface area (Å²) < 4.78 is 7.17. The zero-order valence-corrected chi connectivity index (χ0v) is 17.2. The van der Waals surface area contributed by atoms with E-state index in [4.69, 9.17) is 4.74 Å². The number of nitrogens with one attached hydrogen (secondary N) is 1. The minimum Gasteiger partial charge on any atom is -0.394 e. The number of amides is 1. The van der Waals surface area contributed by atoms with Gasteiger partial charge >= 0.3 is 0 Å². The second kappa shape index (κ2) is 9.15. The minimum absolute atomic E-state index is 0.267. The molecule has 0 spiro atoms. The van der Waals surface area contributed by atoms with Crippen LogP contribution in [0.2, 0.25) is 0 Å². The topological polar surface area (TPSA) is 150 Å². The first-order chi connectivity index (χ1) is 15.4. The van der Waals surface area contributed by atoms with Crippen LogP contribution in [-0.4, -0.2) is 79.2 Å². The summed E-state index contributed by atoms with van der Waals surface area (Å²) >= 11 is 0. The highest BCUT2D eigenvalue weighted by Gasteiger charge is 2.43. The lowest BCUT2D eigenvalue weighted by Crippen LogP contribution is -2.55. The molecule has 5 atom stereocenters. The van der Waals surface area contributed by atoms with E-state index in [0.29, 0.717) is 16.8 Å². The predicted octanol–water partition coefficient (Wildman–Crippen LogP) is -0.191. The molecule has 5 unspecified atom stereocenters. The largest absolute Gasteiger partial charge is 0.394 e. The third kappa shape index (κ3) is 4.01. The van der Waals surface area contributed by atoms with E-state index in [1.807, 2.05) is 6.07 Å². The summed E-state index contributed by atoms with van der Waals surface area (Å²) in [6.07, 6.45) is -3.31. The van der Waals surface area contributed by atoms with Crippen LogP contribution < -0.4 is 5.32 Å². The van der Waals surface area contributed by atoms with Gasteiger partial charge in [-0.1, -0.05) is 24.3 Å². The summed E-state index contributed by atoms with van der Waals surface area (Å²) in [5.74, 6) is -0.267. The highest BCUT2D eigenvalue weighted by Crippen LogP contribution is 2.34. The Kier molecular flexibility index (Phi) is 6.31. The van der Waals surface area contributed by atoms with Crippen molar-refractivity contribution >= 4 is 5.91 Å². The Morgan fingerprint density at radius 1 is 1.09 bits per heavy atom. The van der Waals surface area contributed by atoms with Crippen molar-refractivity contribution in [2.45, 2.75) is 30.5 Å². The number of carbonyl (C=O) groups excluding carboxylic acids is 1. The number of ether oxygens (including phenoxy) is 1. The normalized spacial score (nSPS) is 25.5. The number of hydrogen-bond donors (Lipinski definition) is 5. The Hall–Kier alpha value is -3.15. The molecule has 32 heavy (non-hydrogen) atoms. The number of hydrogen-bond acceptors (Lipinski definition) is 8. The van der Waals surface area contributed by atoms with Gasteiger partial charge in [0, 0.05) is 7.05 Å². The molecule has 2 aromatic carbocycles. The van der Waals surface area contributed by atoms with E-state index in [1.54, 1.807) is 43.4 Å². The van der Waals surface area contributed by atoms with Crippen LogP contribution in [0.5, 0.6) is 0 Å². The lowest BCUT2D eigenvalue weighted by molar-refractivity contribution is -0.231. The van der Waals surface area contributed by atoms with Crippen molar-refractivity contribution in [1.82, 2.24) is 20.1 Å². The molecular formula is C22H24N4O6. The van der Waals surface area contributed by atoms with Crippen molar-refractivity contribution in [3.8, 4) is 16.8 Å². The van der Waals surface area contributed by atoms with Gasteiger partial charge in [0.2, 0.25) is 0 Å². The Bertz CT molecular complexity index is 1090. The molecule has 1 aliphatic heterocycles. The third-order valence-electron chi connectivity index (χ3n) is 5.58. The van der Waals surface area contributed by atoms with Gasteiger partial charge in [-0.2, -0.15) is 5.10 Å². The Labute approximate surface area is 183 Å². The second-order valence-electron chi connectivity index (χ2n) is 7.53. The molecule has 5 N–H and O–H groups in total. The van der Waals surface area contributed by atoms with E-state index < -0.39 is 37.1 Å². The highest BCUT2D eigenvalue weighted by atomic mass is 16.5. The van der Waals surface area contributed by atoms with E-state index in [9.17, 15) is 25.2 Å². The van der Waals surface area contributed by atoms with Crippen molar-refractivity contribution in [3.63, 3.8) is 0 Å². The quantitative estimate of drug-likeness (QED) is 0.366. The first-order valence-corrected chi connectivity index (χ1v) is 10.1. The maximum atomic E-state index is 12.3. The third-order valence-corrected chi connectivity index (χ3v) is 5.58. The fraction of sp³-hybridized carbons (Fsp3) is 0.318. The van der Waals surface area contributed by atoms with Crippen LogP contribution in [-0.2, 0) is 4.74 Å². The van der Waals surface area contributed by atoms with E-state index in [-0.39, 0.29) is 5.91 Å². The highest BCUT2D eigenvalue weighted by molar-refractivity contribution is 5.98. The molecule has 1 amide bonds. The molecule has 2 heterocycles. The zero-order valence-electron chi connectivity index (χ0n) is 17.2. The van der Waals surface area contributed by atoms with Crippen molar-refractivity contribution in [3.05, 3.63) is 66.2 Å². The van der Waals surface area contributed by atoms with Crippen LogP contribution in [0, 0.1) is 0 Å². The molecule has 0 radical (unpaired) electrons. The maximum absolute atomic E-state index is 12.3. The average Bonchev–Trinajstić information content (AvgIpc) is 3.37. The minimum atomic E-state index is -1.46. The molecule has 0 saturated carbocycles. The van der Waals surface area contributed by atoms with Crippen LogP contribution >= 0.6 is 0 Å². The van der Waals surface area contributed by atoms with Crippen molar-refractivity contribution in [2.24, 2.45) is 0 Å². The molecule has 168 valence electrons. The van der Waals surface area contributed by atoms with E-state index in [0.717, 1.165) is 11.1 Å². The summed E-state index contributed by atoms with van der Waals surface area (Å²) in [6.45, 7) is -0.497. The van der Waals surface area contributed by atoms with E-state index in [1.165, 1.54) is 17.3 Å². The van der Waals surface area contributed by atoms with Gasteiger partial charge in [0.05, 0.1) is 17.9 Å². The van der Waals surface area contributed by atoms with Gasteiger partial charge in [0.15, 0.2) is 0 Å². The molecule has 0 aliphatic carbocycles. The van der Waals surface area contributed by atoms with Gasteiger partial charge in [0.1, 0.15) is 43.2 Å². The number of aliphatic hydroxyl groups excluding tert-OH is 4. The molecule has 3 aromatic rings. The first-order valence-electron chi connectivity index (χ1n) is 10.1.